The molecule has 2 rings (SSSR count). The number of rotatable bonds is 5. The van der Waals surface area contributed by atoms with Gasteiger partial charge >= 0.3 is 0 Å². The van der Waals surface area contributed by atoms with E-state index >= 15 is 0 Å². The molecule has 0 aliphatic rings. The summed E-state index contributed by atoms with van der Waals surface area (Å²) in [5.74, 6) is 0. The molecule has 0 aromatic heterocycles. The van der Waals surface area contributed by atoms with E-state index in [0.29, 0.717) is 0 Å². The Morgan fingerprint density at radius 2 is 1.65 bits per heavy atom. The zero-order valence-electron chi connectivity index (χ0n) is 12.4. The molecule has 1 nitrogen and oxygen atoms in total. The highest BCUT2D eigenvalue weighted by Crippen LogP contribution is 2.26. The highest BCUT2D eigenvalue weighted by molar-refractivity contribution is 6.31. The van der Waals surface area contributed by atoms with Crippen LogP contribution in [0.3, 0.4) is 0 Å². The Kier molecular flexibility index (Phi) is 5.22. The highest BCUT2D eigenvalue weighted by Gasteiger charge is 2.13. The van der Waals surface area contributed by atoms with Crippen LogP contribution < -0.4 is 5.32 Å². The van der Waals surface area contributed by atoms with Crippen LogP contribution in [0.25, 0.3) is 0 Å². The lowest BCUT2D eigenvalue weighted by molar-refractivity contribution is 0.598. The van der Waals surface area contributed by atoms with Crippen molar-refractivity contribution in [2.24, 2.45) is 0 Å². The minimum atomic E-state index is 0.228. The van der Waals surface area contributed by atoms with E-state index in [-0.39, 0.29) is 6.04 Å². The summed E-state index contributed by atoms with van der Waals surface area (Å²) in [4.78, 5) is 0. The molecule has 0 saturated heterocycles. The van der Waals surface area contributed by atoms with E-state index in [1.165, 1.54) is 16.7 Å². The van der Waals surface area contributed by atoms with Gasteiger partial charge < -0.3 is 5.32 Å². The van der Waals surface area contributed by atoms with Crippen molar-refractivity contribution in [2.75, 3.05) is 6.54 Å². The van der Waals surface area contributed by atoms with Crippen molar-refractivity contribution >= 4 is 11.6 Å². The molecule has 2 heteroatoms. The van der Waals surface area contributed by atoms with Crippen molar-refractivity contribution in [2.45, 2.75) is 33.2 Å². The number of nitrogens with one attached hydrogen (secondary N) is 1. The topological polar surface area (TPSA) is 12.0 Å². The molecule has 0 fully saturated rings. The van der Waals surface area contributed by atoms with Crippen molar-refractivity contribution in [3.05, 3.63) is 69.7 Å². The van der Waals surface area contributed by atoms with Crippen LogP contribution in [-0.4, -0.2) is 6.54 Å². The first-order chi connectivity index (χ1) is 9.61. The van der Waals surface area contributed by atoms with Crippen LogP contribution >= 0.6 is 11.6 Å². The molecular formula is C18H22ClN. The Morgan fingerprint density at radius 1 is 1.00 bits per heavy atom. The average molecular weight is 288 g/mol. The molecule has 1 N–H and O–H groups in total. The Hall–Kier alpha value is -1.31. The van der Waals surface area contributed by atoms with Crippen LogP contribution in [0.1, 0.15) is 41.6 Å². The van der Waals surface area contributed by atoms with Crippen LogP contribution in [0.15, 0.2) is 42.5 Å². The lowest BCUT2D eigenvalue weighted by Crippen LogP contribution is -2.23. The maximum atomic E-state index is 6.14. The first-order valence-corrected chi connectivity index (χ1v) is 7.55. The van der Waals surface area contributed by atoms with Gasteiger partial charge in [0.25, 0.3) is 0 Å². The van der Waals surface area contributed by atoms with Gasteiger partial charge in [-0.05, 0) is 49.6 Å². The highest BCUT2D eigenvalue weighted by atomic mass is 35.5. The van der Waals surface area contributed by atoms with Crippen molar-refractivity contribution in [1.29, 1.82) is 0 Å². The van der Waals surface area contributed by atoms with Crippen molar-refractivity contribution in [3.63, 3.8) is 0 Å². The van der Waals surface area contributed by atoms with Crippen molar-refractivity contribution < 1.29 is 0 Å². The largest absolute Gasteiger partial charge is 0.306 e. The van der Waals surface area contributed by atoms with Gasteiger partial charge in [0, 0.05) is 5.02 Å². The standard InChI is InChI=1S/C18H22ClN/c1-4-11-20-18(15-7-5-13(2)6-8-15)16-9-10-17(19)14(3)12-16/h5-10,12,18,20H,4,11H2,1-3H3. The summed E-state index contributed by atoms with van der Waals surface area (Å²) in [7, 11) is 0. The van der Waals surface area contributed by atoms with Gasteiger partial charge in [0.15, 0.2) is 0 Å². The monoisotopic (exact) mass is 287 g/mol. The molecule has 0 aliphatic heterocycles. The summed E-state index contributed by atoms with van der Waals surface area (Å²) < 4.78 is 0. The molecule has 0 bridgehead atoms. The summed E-state index contributed by atoms with van der Waals surface area (Å²) in [6, 6.07) is 15.2. The zero-order chi connectivity index (χ0) is 14.5. The van der Waals surface area contributed by atoms with E-state index in [4.69, 9.17) is 11.6 Å². The van der Waals surface area contributed by atoms with E-state index in [1.807, 2.05) is 6.07 Å². The summed E-state index contributed by atoms with van der Waals surface area (Å²) in [6.45, 7) is 7.36. The fourth-order valence-electron chi connectivity index (χ4n) is 2.32. The van der Waals surface area contributed by atoms with E-state index in [2.05, 4.69) is 62.5 Å². The van der Waals surface area contributed by atoms with Crippen molar-refractivity contribution in [1.82, 2.24) is 5.32 Å². The quantitative estimate of drug-likeness (QED) is 0.812. The second kappa shape index (κ2) is 6.92. The maximum absolute atomic E-state index is 6.14. The van der Waals surface area contributed by atoms with Gasteiger partial charge in [-0.15, -0.1) is 0 Å². The van der Waals surface area contributed by atoms with Crippen LogP contribution in [0.5, 0.6) is 0 Å². The molecule has 0 saturated carbocycles. The lowest BCUT2D eigenvalue weighted by Gasteiger charge is -2.20. The second-order valence-electron chi connectivity index (χ2n) is 5.31. The van der Waals surface area contributed by atoms with Crippen LogP contribution in [0.4, 0.5) is 0 Å². The van der Waals surface area contributed by atoms with Gasteiger partial charge in [0.1, 0.15) is 0 Å². The molecule has 0 heterocycles. The third-order valence-corrected chi connectivity index (χ3v) is 3.95. The SMILES string of the molecule is CCCNC(c1ccc(C)cc1)c1ccc(Cl)c(C)c1. The smallest absolute Gasteiger partial charge is 0.0576 e. The minimum absolute atomic E-state index is 0.228. The molecule has 2 aromatic carbocycles. The van der Waals surface area contributed by atoms with E-state index in [1.54, 1.807) is 0 Å². The van der Waals surface area contributed by atoms with Gasteiger partial charge in [0.05, 0.1) is 6.04 Å². The molecule has 0 spiro atoms. The fraction of sp³-hybridized carbons (Fsp3) is 0.333. The summed E-state index contributed by atoms with van der Waals surface area (Å²) >= 11 is 6.14. The number of halogens is 1. The van der Waals surface area contributed by atoms with Crippen LogP contribution in [0, 0.1) is 13.8 Å². The first kappa shape index (κ1) is 15.1. The van der Waals surface area contributed by atoms with E-state index in [9.17, 15) is 0 Å². The Labute approximate surface area is 127 Å². The summed E-state index contributed by atoms with van der Waals surface area (Å²) in [5.41, 5.74) is 4.98. The van der Waals surface area contributed by atoms with Gasteiger partial charge in [-0.3, -0.25) is 0 Å². The Morgan fingerprint density at radius 3 is 2.25 bits per heavy atom. The number of hydrogen-bond acceptors (Lipinski definition) is 1. The molecule has 0 radical (unpaired) electrons. The number of benzene rings is 2. The Balaban J connectivity index is 2.35. The molecule has 20 heavy (non-hydrogen) atoms. The molecular weight excluding hydrogens is 266 g/mol. The third-order valence-electron chi connectivity index (χ3n) is 3.52. The minimum Gasteiger partial charge on any atom is -0.306 e. The zero-order valence-corrected chi connectivity index (χ0v) is 13.2. The molecule has 2 aromatic rings. The van der Waals surface area contributed by atoms with Crippen LogP contribution in [0.2, 0.25) is 5.02 Å². The van der Waals surface area contributed by atoms with E-state index < -0.39 is 0 Å². The molecule has 0 amide bonds. The predicted molar refractivity (Wildman–Crippen MR) is 87.5 cm³/mol. The number of aryl methyl sites for hydroxylation is 2. The summed E-state index contributed by atoms with van der Waals surface area (Å²) in [6.07, 6.45) is 1.12. The molecule has 1 unspecified atom stereocenters. The van der Waals surface area contributed by atoms with Gasteiger partial charge in [-0.1, -0.05) is 60.5 Å². The normalized spacial score (nSPS) is 12.4. The van der Waals surface area contributed by atoms with Crippen LogP contribution in [-0.2, 0) is 0 Å². The first-order valence-electron chi connectivity index (χ1n) is 7.18. The summed E-state index contributed by atoms with van der Waals surface area (Å²) in [5, 5.41) is 4.45. The van der Waals surface area contributed by atoms with E-state index in [0.717, 1.165) is 23.6 Å². The molecule has 1 atom stereocenters. The second-order valence-corrected chi connectivity index (χ2v) is 5.71. The fourth-order valence-corrected chi connectivity index (χ4v) is 2.44. The van der Waals surface area contributed by atoms with Gasteiger partial charge in [-0.2, -0.15) is 0 Å². The third kappa shape index (κ3) is 3.62. The lowest BCUT2D eigenvalue weighted by atomic mass is 9.96. The predicted octanol–water partition coefficient (Wildman–Crippen LogP) is 5.05. The number of hydrogen-bond donors (Lipinski definition) is 1. The van der Waals surface area contributed by atoms with Crippen molar-refractivity contribution in [3.8, 4) is 0 Å². The van der Waals surface area contributed by atoms with Gasteiger partial charge in [-0.25, -0.2) is 0 Å². The molecule has 106 valence electrons. The average Bonchev–Trinajstić information content (AvgIpc) is 2.45. The van der Waals surface area contributed by atoms with Gasteiger partial charge in [0.2, 0.25) is 0 Å². The Bertz CT molecular complexity index is 560. The molecule has 0 aliphatic carbocycles. The maximum Gasteiger partial charge on any atom is 0.0576 e.